The first-order chi connectivity index (χ1) is 13.1. The Morgan fingerprint density at radius 3 is 2.68 bits per heavy atom. The smallest absolute Gasteiger partial charge is 0.126 e. The Bertz CT molecular complexity index is 1080. The number of benzene rings is 2. The van der Waals surface area contributed by atoms with Crippen molar-refractivity contribution < 1.29 is 0 Å². The van der Waals surface area contributed by atoms with Crippen LogP contribution in [0, 0.1) is 12.3 Å². The predicted octanol–water partition coefficient (Wildman–Crippen LogP) is 3.43. The number of hydrogen-bond donors (Lipinski definition) is 4. The lowest BCUT2D eigenvalue weighted by Gasteiger charge is -2.06. The highest BCUT2D eigenvalue weighted by Gasteiger charge is 2.09. The fourth-order valence-electron chi connectivity index (χ4n) is 3.09. The van der Waals surface area contributed by atoms with Gasteiger partial charge >= 0.3 is 0 Å². The number of anilines is 1. The van der Waals surface area contributed by atoms with Gasteiger partial charge in [0.25, 0.3) is 0 Å². The second-order valence-corrected chi connectivity index (χ2v) is 6.51. The fraction of sp³-hybridized carbons (Fsp3) is 0.150. The Balaban J connectivity index is 0.00000225. The summed E-state index contributed by atoms with van der Waals surface area (Å²) in [6, 6.07) is 11.7. The van der Waals surface area contributed by atoms with Gasteiger partial charge in [-0.2, -0.15) is 0 Å². The Labute approximate surface area is 168 Å². The molecule has 2 heterocycles. The van der Waals surface area contributed by atoms with E-state index < -0.39 is 0 Å². The highest BCUT2D eigenvalue weighted by atomic mass is 35.5. The van der Waals surface area contributed by atoms with Crippen molar-refractivity contribution in [1.82, 2.24) is 19.5 Å². The highest BCUT2D eigenvalue weighted by Crippen LogP contribution is 2.21. The number of nitrogen functional groups attached to an aromatic ring is 1. The summed E-state index contributed by atoms with van der Waals surface area (Å²) in [7, 11) is 0. The number of nitrogens with two attached hydrogens (primary N) is 1. The van der Waals surface area contributed by atoms with Crippen LogP contribution in [0.4, 0.5) is 5.69 Å². The summed E-state index contributed by atoms with van der Waals surface area (Å²) in [6.07, 6.45) is 5.57. The van der Waals surface area contributed by atoms with Gasteiger partial charge in [-0.3, -0.25) is 5.41 Å². The summed E-state index contributed by atoms with van der Waals surface area (Å²) in [6.45, 7) is 3.47. The van der Waals surface area contributed by atoms with Crippen molar-refractivity contribution in [2.45, 2.75) is 20.0 Å². The maximum absolute atomic E-state index is 7.44. The van der Waals surface area contributed by atoms with Crippen LogP contribution in [-0.2, 0) is 13.1 Å². The third kappa shape index (κ3) is 3.99. The molecule has 0 aliphatic carbocycles. The van der Waals surface area contributed by atoms with Crippen molar-refractivity contribution in [2.75, 3.05) is 5.32 Å². The number of halogens is 1. The van der Waals surface area contributed by atoms with Crippen molar-refractivity contribution in [1.29, 1.82) is 5.41 Å². The summed E-state index contributed by atoms with van der Waals surface area (Å²) >= 11 is 0. The third-order valence-corrected chi connectivity index (χ3v) is 4.64. The number of H-pyrrole nitrogens is 1. The Hall–Kier alpha value is -3.32. The molecular formula is C20H22ClN7. The van der Waals surface area contributed by atoms with E-state index in [2.05, 4.69) is 34.3 Å². The second kappa shape index (κ2) is 8.14. The zero-order valence-corrected chi connectivity index (χ0v) is 16.3. The van der Waals surface area contributed by atoms with Crippen LogP contribution < -0.4 is 11.1 Å². The Morgan fingerprint density at radius 2 is 2.00 bits per heavy atom. The maximum atomic E-state index is 7.44. The molecule has 4 aromatic rings. The molecule has 0 fully saturated rings. The van der Waals surface area contributed by atoms with Gasteiger partial charge < -0.3 is 20.6 Å². The van der Waals surface area contributed by atoms with Crippen LogP contribution in [0.5, 0.6) is 0 Å². The largest absolute Gasteiger partial charge is 0.384 e. The average molecular weight is 396 g/mol. The molecule has 0 saturated heterocycles. The molecule has 8 heteroatoms. The number of aromatic amines is 1. The molecule has 0 spiro atoms. The number of aryl methyl sites for hydroxylation is 1. The van der Waals surface area contributed by atoms with Crippen molar-refractivity contribution in [2.24, 2.45) is 5.73 Å². The van der Waals surface area contributed by atoms with Crippen LogP contribution in [0.1, 0.15) is 22.5 Å². The number of fused-ring (bicyclic) bond motifs is 1. The van der Waals surface area contributed by atoms with E-state index in [1.54, 1.807) is 6.20 Å². The normalized spacial score (nSPS) is 10.6. The van der Waals surface area contributed by atoms with E-state index in [0.717, 1.165) is 29.1 Å². The molecule has 7 nitrogen and oxygen atoms in total. The Kier molecular flexibility index (Phi) is 5.65. The van der Waals surface area contributed by atoms with Gasteiger partial charge in [0.1, 0.15) is 11.7 Å². The number of amidine groups is 1. The molecule has 0 aliphatic rings. The van der Waals surface area contributed by atoms with Crippen LogP contribution in [0.3, 0.4) is 0 Å². The number of imidazole rings is 2. The zero-order valence-electron chi connectivity index (χ0n) is 15.4. The minimum Gasteiger partial charge on any atom is -0.384 e. The first-order valence-corrected chi connectivity index (χ1v) is 8.71. The molecule has 0 radical (unpaired) electrons. The lowest BCUT2D eigenvalue weighted by atomic mass is 10.1. The zero-order chi connectivity index (χ0) is 18.8. The molecule has 0 atom stereocenters. The van der Waals surface area contributed by atoms with Crippen molar-refractivity contribution in [3.05, 3.63) is 77.6 Å². The number of hydrogen-bond acceptors (Lipinski definition) is 4. The lowest BCUT2D eigenvalue weighted by Crippen LogP contribution is -2.10. The van der Waals surface area contributed by atoms with E-state index in [1.165, 1.54) is 11.1 Å². The van der Waals surface area contributed by atoms with Crippen LogP contribution in [-0.4, -0.2) is 25.4 Å². The topological polar surface area (TPSA) is 108 Å². The number of aromatic nitrogens is 4. The summed E-state index contributed by atoms with van der Waals surface area (Å²) in [4.78, 5) is 12.2. The van der Waals surface area contributed by atoms with Gasteiger partial charge in [-0.15, -0.1) is 12.4 Å². The first-order valence-electron chi connectivity index (χ1n) is 8.71. The van der Waals surface area contributed by atoms with Gasteiger partial charge in [-0.25, -0.2) is 9.97 Å². The van der Waals surface area contributed by atoms with Crippen LogP contribution >= 0.6 is 12.4 Å². The van der Waals surface area contributed by atoms with Gasteiger partial charge in [0, 0.05) is 30.2 Å². The molecule has 0 unspecified atom stereocenters. The van der Waals surface area contributed by atoms with Gasteiger partial charge in [0.2, 0.25) is 0 Å². The van der Waals surface area contributed by atoms with Gasteiger partial charge in [0.05, 0.1) is 23.9 Å². The summed E-state index contributed by atoms with van der Waals surface area (Å²) < 4.78 is 2.05. The van der Waals surface area contributed by atoms with E-state index in [4.69, 9.17) is 16.1 Å². The van der Waals surface area contributed by atoms with Crippen LogP contribution in [0.25, 0.3) is 11.0 Å². The maximum Gasteiger partial charge on any atom is 0.126 e. The monoisotopic (exact) mass is 395 g/mol. The van der Waals surface area contributed by atoms with Crippen molar-refractivity contribution in [3.8, 4) is 0 Å². The minimum absolute atomic E-state index is 0. The second-order valence-electron chi connectivity index (χ2n) is 6.51. The first kappa shape index (κ1) is 19.4. The van der Waals surface area contributed by atoms with E-state index >= 15 is 0 Å². The number of rotatable bonds is 6. The van der Waals surface area contributed by atoms with Gasteiger partial charge in [0.15, 0.2) is 0 Å². The van der Waals surface area contributed by atoms with Gasteiger partial charge in [-0.1, -0.05) is 6.07 Å². The molecule has 144 valence electrons. The van der Waals surface area contributed by atoms with Crippen LogP contribution in [0.15, 0.2) is 55.1 Å². The number of nitrogens with zero attached hydrogens (tertiary/aromatic N) is 3. The molecule has 0 aliphatic heterocycles. The Morgan fingerprint density at radius 1 is 1.21 bits per heavy atom. The SMILES string of the molecule is Cc1c(Cn2ccnc2)ccc2[nH]c(CNc3ccc(C(=N)N)cc3)nc12.Cl. The highest BCUT2D eigenvalue weighted by molar-refractivity contribution is 5.95. The average Bonchev–Trinajstić information content (AvgIpc) is 3.32. The van der Waals surface area contributed by atoms with E-state index in [0.29, 0.717) is 12.1 Å². The van der Waals surface area contributed by atoms with Crippen molar-refractivity contribution in [3.63, 3.8) is 0 Å². The molecule has 5 N–H and O–H groups in total. The molecule has 2 aromatic carbocycles. The van der Waals surface area contributed by atoms with E-state index in [9.17, 15) is 0 Å². The molecule has 0 bridgehead atoms. The van der Waals surface area contributed by atoms with Gasteiger partial charge in [-0.05, 0) is 48.4 Å². The molecular weight excluding hydrogens is 374 g/mol. The van der Waals surface area contributed by atoms with E-state index in [1.807, 2.05) is 41.4 Å². The fourth-order valence-corrected chi connectivity index (χ4v) is 3.09. The van der Waals surface area contributed by atoms with Crippen molar-refractivity contribution >= 4 is 35.0 Å². The predicted molar refractivity (Wildman–Crippen MR) is 114 cm³/mol. The van der Waals surface area contributed by atoms with Crippen LogP contribution in [0.2, 0.25) is 0 Å². The number of nitrogens with one attached hydrogen (secondary N) is 3. The standard InChI is InChI=1S/C20H21N7.ClH/c1-13-15(11-27-9-8-23-12-27)4-7-17-19(13)26-18(25-17)10-24-16-5-2-14(3-6-16)20(21)22;/h2-9,12,24H,10-11H2,1H3,(H3,21,22)(H,25,26);1H. The third-order valence-electron chi connectivity index (χ3n) is 4.64. The summed E-state index contributed by atoms with van der Waals surface area (Å²) in [5, 5.41) is 10.8. The molecule has 28 heavy (non-hydrogen) atoms. The summed E-state index contributed by atoms with van der Waals surface area (Å²) in [5.41, 5.74) is 11.6. The summed E-state index contributed by atoms with van der Waals surface area (Å²) in [5.74, 6) is 0.948. The quantitative estimate of drug-likeness (QED) is 0.296. The van der Waals surface area contributed by atoms with E-state index in [-0.39, 0.29) is 18.2 Å². The lowest BCUT2D eigenvalue weighted by molar-refractivity contribution is 0.793. The molecule has 4 rings (SSSR count). The molecule has 2 aromatic heterocycles. The molecule has 0 saturated carbocycles. The minimum atomic E-state index is 0. The molecule has 0 amide bonds.